The van der Waals surface area contributed by atoms with Gasteiger partial charge in [0.15, 0.2) is 0 Å². The van der Waals surface area contributed by atoms with Crippen molar-refractivity contribution in [2.75, 3.05) is 7.11 Å². The fourth-order valence-electron chi connectivity index (χ4n) is 0.657. The highest BCUT2D eigenvalue weighted by molar-refractivity contribution is 9.10. The first-order chi connectivity index (χ1) is 4.75. The number of halogens is 1. The van der Waals surface area contributed by atoms with Crippen LogP contribution in [0.25, 0.3) is 0 Å². The number of aromatic hydroxyl groups is 1. The van der Waals surface area contributed by atoms with E-state index in [2.05, 4.69) is 15.9 Å². The van der Waals surface area contributed by atoms with Gasteiger partial charge in [0.2, 0.25) is 0 Å². The lowest BCUT2D eigenvalue weighted by Gasteiger charge is -2.02. The Morgan fingerprint density at radius 1 is 1.50 bits per heavy atom. The van der Waals surface area contributed by atoms with Gasteiger partial charge in [0, 0.05) is 0 Å². The molecule has 0 unspecified atom stereocenters. The van der Waals surface area contributed by atoms with E-state index in [4.69, 9.17) is 9.84 Å². The van der Waals surface area contributed by atoms with E-state index in [1.165, 1.54) is 0 Å². The fraction of sp³-hybridized carbons (Fsp3) is 0.143. The third-order valence-corrected chi connectivity index (χ3v) is 1.96. The van der Waals surface area contributed by atoms with Crippen molar-refractivity contribution in [3.63, 3.8) is 0 Å². The van der Waals surface area contributed by atoms with Crippen molar-refractivity contribution in [1.29, 1.82) is 0 Å². The molecular weight excluding hydrogens is 196 g/mol. The maximum absolute atomic E-state index is 9.10. The molecule has 0 aliphatic rings. The first-order valence-corrected chi connectivity index (χ1v) is 3.56. The number of ether oxygens (including phenoxy) is 1. The molecule has 1 rings (SSSR count). The van der Waals surface area contributed by atoms with Gasteiger partial charge in [0.05, 0.1) is 7.11 Å². The number of rotatable bonds is 1. The van der Waals surface area contributed by atoms with Crippen LogP contribution < -0.4 is 4.74 Å². The summed E-state index contributed by atoms with van der Waals surface area (Å²) in [7, 11) is 1.56. The van der Waals surface area contributed by atoms with Gasteiger partial charge in [0.1, 0.15) is 16.0 Å². The summed E-state index contributed by atoms with van der Waals surface area (Å²) in [5.74, 6) is 0.833. The average molecular weight is 203 g/mol. The SMILES string of the molecule is COc1cccc(O)c1Br. The molecule has 1 aromatic carbocycles. The Kier molecular flexibility index (Phi) is 2.17. The van der Waals surface area contributed by atoms with E-state index >= 15 is 0 Å². The molecule has 0 radical (unpaired) electrons. The van der Waals surface area contributed by atoms with Crippen LogP contribution in [0.15, 0.2) is 22.7 Å². The molecule has 0 bridgehead atoms. The van der Waals surface area contributed by atoms with Gasteiger partial charge in [-0.3, -0.25) is 0 Å². The Hall–Kier alpha value is -0.700. The molecule has 0 heterocycles. The minimum atomic E-state index is 0.194. The zero-order valence-electron chi connectivity index (χ0n) is 5.47. The second kappa shape index (κ2) is 2.92. The molecule has 10 heavy (non-hydrogen) atoms. The lowest BCUT2D eigenvalue weighted by atomic mass is 10.3. The van der Waals surface area contributed by atoms with Crippen LogP contribution in [0.5, 0.6) is 11.5 Å². The summed E-state index contributed by atoms with van der Waals surface area (Å²) >= 11 is 3.17. The highest BCUT2D eigenvalue weighted by Crippen LogP contribution is 2.32. The molecule has 1 aromatic rings. The first-order valence-electron chi connectivity index (χ1n) is 2.77. The Morgan fingerprint density at radius 3 is 2.70 bits per heavy atom. The highest BCUT2D eigenvalue weighted by atomic mass is 79.9. The molecule has 2 nitrogen and oxygen atoms in total. The third-order valence-electron chi connectivity index (χ3n) is 1.16. The molecule has 0 aliphatic carbocycles. The lowest BCUT2D eigenvalue weighted by molar-refractivity contribution is 0.403. The molecule has 0 amide bonds. The summed E-state index contributed by atoms with van der Waals surface area (Å²) in [6.45, 7) is 0. The zero-order valence-corrected chi connectivity index (χ0v) is 7.05. The number of benzene rings is 1. The second-order valence-electron chi connectivity index (χ2n) is 1.79. The van der Waals surface area contributed by atoms with Crippen LogP contribution >= 0.6 is 15.9 Å². The number of phenolic OH excluding ortho intramolecular Hbond substituents is 1. The lowest BCUT2D eigenvalue weighted by Crippen LogP contribution is -1.82. The fourth-order valence-corrected chi connectivity index (χ4v) is 1.08. The smallest absolute Gasteiger partial charge is 0.136 e. The summed E-state index contributed by atoms with van der Waals surface area (Å²) in [4.78, 5) is 0. The molecule has 0 aromatic heterocycles. The Labute approximate surface area is 67.6 Å². The maximum Gasteiger partial charge on any atom is 0.136 e. The topological polar surface area (TPSA) is 29.5 Å². The van der Waals surface area contributed by atoms with Gasteiger partial charge in [-0.2, -0.15) is 0 Å². The van der Waals surface area contributed by atoms with Crippen molar-refractivity contribution in [1.82, 2.24) is 0 Å². The van der Waals surface area contributed by atoms with Crippen LogP contribution in [-0.2, 0) is 0 Å². The van der Waals surface area contributed by atoms with Gasteiger partial charge < -0.3 is 9.84 Å². The highest BCUT2D eigenvalue weighted by Gasteiger charge is 2.01. The summed E-state index contributed by atoms with van der Waals surface area (Å²) < 4.78 is 5.51. The molecule has 3 heteroatoms. The van der Waals surface area contributed by atoms with Crippen LogP contribution in [0, 0.1) is 0 Å². The number of hydrogen-bond donors (Lipinski definition) is 1. The van der Waals surface area contributed by atoms with E-state index in [-0.39, 0.29) is 5.75 Å². The molecule has 54 valence electrons. The number of methoxy groups -OCH3 is 1. The monoisotopic (exact) mass is 202 g/mol. The molecule has 0 atom stereocenters. The summed E-state index contributed by atoms with van der Waals surface area (Å²) in [5, 5.41) is 9.10. The standard InChI is InChI=1S/C7H7BrO2/c1-10-6-4-2-3-5(9)7(6)8/h2-4,9H,1H3. The molecule has 0 aliphatic heterocycles. The normalized spacial score (nSPS) is 9.40. The molecule has 0 fully saturated rings. The quantitative estimate of drug-likeness (QED) is 0.757. The van der Waals surface area contributed by atoms with Crippen molar-refractivity contribution in [3.05, 3.63) is 22.7 Å². The van der Waals surface area contributed by atoms with Crippen LogP contribution in [0.3, 0.4) is 0 Å². The van der Waals surface area contributed by atoms with Gasteiger partial charge >= 0.3 is 0 Å². The molecule has 1 N–H and O–H groups in total. The number of phenols is 1. The van der Waals surface area contributed by atoms with Gasteiger partial charge in [-0.15, -0.1) is 0 Å². The van der Waals surface area contributed by atoms with Crippen molar-refractivity contribution >= 4 is 15.9 Å². The van der Waals surface area contributed by atoms with Crippen molar-refractivity contribution in [2.45, 2.75) is 0 Å². The van der Waals surface area contributed by atoms with Crippen LogP contribution in [0.1, 0.15) is 0 Å². The minimum absolute atomic E-state index is 0.194. The summed E-state index contributed by atoms with van der Waals surface area (Å²) in [6, 6.07) is 5.08. The summed E-state index contributed by atoms with van der Waals surface area (Å²) in [6.07, 6.45) is 0. The van der Waals surface area contributed by atoms with E-state index in [1.54, 1.807) is 25.3 Å². The predicted octanol–water partition coefficient (Wildman–Crippen LogP) is 2.16. The van der Waals surface area contributed by atoms with E-state index in [0.717, 1.165) is 0 Å². The molecule has 0 saturated heterocycles. The van der Waals surface area contributed by atoms with E-state index in [9.17, 15) is 0 Å². The maximum atomic E-state index is 9.10. The van der Waals surface area contributed by atoms with E-state index in [0.29, 0.717) is 10.2 Å². The van der Waals surface area contributed by atoms with Gasteiger partial charge in [-0.25, -0.2) is 0 Å². The second-order valence-corrected chi connectivity index (χ2v) is 2.59. The van der Waals surface area contributed by atoms with Crippen LogP contribution in [0.4, 0.5) is 0 Å². The Morgan fingerprint density at radius 2 is 2.20 bits per heavy atom. The van der Waals surface area contributed by atoms with Crippen LogP contribution in [0.2, 0.25) is 0 Å². The first kappa shape index (κ1) is 7.41. The Bertz CT molecular complexity index is 235. The minimum Gasteiger partial charge on any atom is -0.507 e. The van der Waals surface area contributed by atoms with Crippen molar-refractivity contribution in [3.8, 4) is 11.5 Å². The average Bonchev–Trinajstić information content (AvgIpc) is 1.95. The van der Waals surface area contributed by atoms with Gasteiger partial charge in [0.25, 0.3) is 0 Å². The predicted molar refractivity (Wildman–Crippen MR) is 42.4 cm³/mol. The van der Waals surface area contributed by atoms with Gasteiger partial charge in [-0.05, 0) is 28.1 Å². The van der Waals surface area contributed by atoms with E-state index < -0.39 is 0 Å². The largest absolute Gasteiger partial charge is 0.507 e. The van der Waals surface area contributed by atoms with E-state index in [1.807, 2.05) is 0 Å². The molecule has 0 saturated carbocycles. The zero-order chi connectivity index (χ0) is 7.56. The third kappa shape index (κ3) is 1.24. The van der Waals surface area contributed by atoms with Crippen molar-refractivity contribution in [2.24, 2.45) is 0 Å². The number of hydrogen-bond acceptors (Lipinski definition) is 2. The Balaban J connectivity index is 3.14. The molecule has 0 spiro atoms. The van der Waals surface area contributed by atoms with Crippen LogP contribution in [-0.4, -0.2) is 12.2 Å². The summed E-state index contributed by atoms with van der Waals surface area (Å²) in [5.41, 5.74) is 0. The molecular formula is C7H7BrO2. The van der Waals surface area contributed by atoms with Crippen molar-refractivity contribution < 1.29 is 9.84 Å². The van der Waals surface area contributed by atoms with Gasteiger partial charge in [-0.1, -0.05) is 6.07 Å².